The number of primary amides is 2. The predicted octanol–water partition coefficient (Wildman–Crippen LogP) is 4.07. The number of carbonyl (C=O) groups is 2. The van der Waals surface area contributed by atoms with E-state index in [0.717, 1.165) is 38.3 Å². The van der Waals surface area contributed by atoms with Gasteiger partial charge in [-0.25, -0.2) is 19.6 Å². The van der Waals surface area contributed by atoms with Gasteiger partial charge in [0.15, 0.2) is 0 Å². The van der Waals surface area contributed by atoms with E-state index in [9.17, 15) is 18.0 Å². The number of urea groups is 2. The summed E-state index contributed by atoms with van der Waals surface area (Å²) in [6.07, 6.45) is 1.40. The fourth-order valence-electron chi connectivity index (χ4n) is 3.67. The average Bonchev–Trinajstić information content (AvgIpc) is 3.41. The highest BCUT2D eigenvalue weighted by Crippen LogP contribution is 2.29. The number of alkyl halides is 3. The zero-order valence-electron chi connectivity index (χ0n) is 21.5. The molecule has 1 saturated heterocycles. The molecule has 2 aromatic carbocycles. The van der Waals surface area contributed by atoms with Crippen LogP contribution in [0.2, 0.25) is 0 Å². The second kappa shape index (κ2) is 14.4. The maximum Gasteiger partial charge on any atom is 0.416 e. The molecule has 1 aliphatic heterocycles. The van der Waals surface area contributed by atoms with Gasteiger partial charge in [0.1, 0.15) is 0 Å². The summed E-state index contributed by atoms with van der Waals surface area (Å²) in [6, 6.07) is 9.70. The zero-order valence-corrected chi connectivity index (χ0v) is 21.5. The van der Waals surface area contributed by atoms with Gasteiger partial charge in [0.25, 0.3) is 0 Å². The number of carbonyl (C=O) groups excluding carboxylic acids is 2. The summed E-state index contributed by atoms with van der Waals surface area (Å²) in [7, 11) is 0. The van der Waals surface area contributed by atoms with Crippen molar-refractivity contribution in [2.75, 3.05) is 42.1 Å². The highest BCUT2D eigenvalue weighted by atomic mass is 19.4. The highest BCUT2D eigenvalue weighted by molar-refractivity contribution is 5.99. The number of nitrogens with two attached hydrogens (primary N) is 2. The number of hydrogen-bond donors (Lipinski definition) is 5. The third kappa shape index (κ3) is 10.5. The average molecular weight is 555 g/mol. The third-order valence-corrected chi connectivity index (χ3v) is 5.50. The number of amides is 4. The van der Waals surface area contributed by atoms with Gasteiger partial charge in [-0.1, -0.05) is 17.9 Å². The van der Waals surface area contributed by atoms with Crippen molar-refractivity contribution >= 4 is 29.4 Å². The van der Waals surface area contributed by atoms with E-state index >= 15 is 0 Å². The van der Waals surface area contributed by atoms with Crippen LogP contribution in [-0.4, -0.2) is 53.1 Å². The molecular formula is C27H29F3N8O2. The van der Waals surface area contributed by atoms with Crippen molar-refractivity contribution in [3.63, 3.8) is 0 Å². The van der Waals surface area contributed by atoms with Gasteiger partial charge >= 0.3 is 18.2 Å². The van der Waals surface area contributed by atoms with Crippen molar-refractivity contribution in [2.24, 2.45) is 11.5 Å². The standard InChI is InChI=1S/C26H25F3N6O.CH4N2O/c27-26(28,29)21-8-10-22(11-9-21)33-25(36)34-23-5-3-4-19(16-23)6-7-20-17-31-24(32-18-20)30-12-15-35-13-1-2-14-35;2-1(3)4/h3-5,8-11,16-18H,1-2,12-15H2,(H,30,31,32)(H2,33,34,36);(H4,2,3,4). The molecule has 4 amide bonds. The number of nitrogens with one attached hydrogen (secondary N) is 3. The monoisotopic (exact) mass is 554 g/mol. The lowest BCUT2D eigenvalue weighted by Crippen LogP contribution is -2.26. The topological polar surface area (TPSA) is 151 Å². The second-order valence-electron chi connectivity index (χ2n) is 8.66. The molecule has 0 unspecified atom stereocenters. The first-order valence-corrected chi connectivity index (χ1v) is 12.3. The van der Waals surface area contributed by atoms with Crippen LogP contribution in [-0.2, 0) is 6.18 Å². The van der Waals surface area contributed by atoms with Gasteiger partial charge in [0, 0.05) is 42.4 Å². The van der Waals surface area contributed by atoms with E-state index in [0.29, 0.717) is 22.8 Å². The Bertz CT molecular complexity index is 1330. The lowest BCUT2D eigenvalue weighted by molar-refractivity contribution is -0.137. The molecule has 10 nitrogen and oxygen atoms in total. The van der Waals surface area contributed by atoms with Crippen LogP contribution >= 0.6 is 0 Å². The molecule has 210 valence electrons. The molecule has 4 rings (SSSR count). The number of likely N-dealkylation sites (tertiary alicyclic amines) is 1. The first-order chi connectivity index (χ1) is 19.1. The van der Waals surface area contributed by atoms with Crippen molar-refractivity contribution < 1.29 is 22.8 Å². The molecule has 2 heterocycles. The molecule has 0 atom stereocenters. The first kappa shape index (κ1) is 29.7. The maximum absolute atomic E-state index is 12.7. The molecule has 7 N–H and O–H groups in total. The first-order valence-electron chi connectivity index (χ1n) is 12.3. The minimum atomic E-state index is -4.43. The summed E-state index contributed by atoms with van der Waals surface area (Å²) in [4.78, 5) is 32.2. The van der Waals surface area contributed by atoms with Crippen molar-refractivity contribution in [3.05, 3.63) is 77.6 Å². The fraction of sp³-hybridized carbons (Fsp3) is 0.259. The van der Waals surface area contributed by atoms with E-state index < -0.39 is 23.8 Å². The van der Waals surface area contributed by atoms with E-state index in [1.807, 2.05) is 0 Å². The molecule has 40 heavy (non-hydrogen) atoms. The lowest BCUT2D eigenvalue weighted by atomic mass is 10.2. The molecule has 1 fully saturated rings. The molecule has 0 saturated carbocycles. The summed E-state index contributed by atoms with van der Waals surface area (Å²) in [5, 5.41) is 8.36. The molecular weight excluding hydrogens is 525 g/mol. The summed E-state index contributed by atoms with van der Waals surface area (Å²) >= 11 is 0. The van der Waals surface area contributed by atoms with E-state index in [-0.39, 0.29) is 5.69 Å². The Morgan fingerprint density at radius 2 is 1.50 bits per heavy atom. The van der Waals surface area contributed by atoms with Crippen molar-refractivity contribution in [1.29, 1.82) is 0 Å². The Labute approximate surface area is 229 Å². The quantitative estimate of drug-likeness (QED) is 0.290. The number of anilines is 3. The number of hydrogen-bond acceptors (Lipinski definition) is 6. The van der Waals surface area contributed by atoms with Crippen molar-refractivity contribution in [2.45, 2.75) is 19.0 Å². The Balaban J connectivity index is 0.00000103. The molecule has 13 heteroatoms. The third-order valence-electron chi connectivity index (χ3n) is 5.50. The maximum atomic E-state index is 12.7. The Morgan fingerprint density at radius 3 is 2.12 bits per heavy atom. The van der Waals surface area contributed by atoms with Crippen molar-refractivity contribution in [1.82, 2.24) is 14.9 Å². The Morgan fingerprint density at radius 1 is 0.900 bits per heavy atom. The summed E-state index contributed by atoms with van der Waals surface area (Å²) < 4.78 is 38.0. The van der Waals surface area contributed by atoms with Crippen LogP contribution < -0.4 is 27.4 Å². The van der Waals surface area contributed by atoms with Crippen LogP contribution in [0.3, 0.4) is 0 Å². The van der Waals surface area contributed by atoms with E-state index in [1.54, 1.807) is 36.7 Å². The van der Waals surface area contributed by atoms with Gasteiger partial charge in [-0.2, -0.15) is 13.2 Å². The fourth-order valence-corrected chi connectivity index (χ4v) is 3.67. The lowest BCUT2D eigenvalue weighted by Gasteiger charge is -2.14. The molecule has 0 spiro atoms. The number of rotatable bonds is 6. The number of nitrogens with zero attached hydrogens (tertiary/aromatic N) is 3. The largest absolute Gasteiger partial charge is 0.416 e. The van der Waals surface area contributed by atoms with Gasteiger partial charge in [-0.15, -0.1) is 0 Å². The second-order valence-corrected chi connectivity index (χ2v) is 8.66. The zero-order chi connectivity index (χ0) is 29.0. The van der Waals surface area contributed by atoms with Crippen LogP contribution in [0.25, 0.3) is 0 Å². The SMILES string of the molecule is NC(N)=O.O=C(Nc1ccc(C(F)(F)F)cc1)Nc1cccc(C#Cc2cnc(NCCN3CCCC3)nc2)c1. The number of halogens is 3. The normalized spacial score (nSPS) is 12.8. The molecule has 3 aromatic rings. The van der Waals surface area contributed by atoms with Crippen molar-refractivity contribution in [3.8, 4) is 11.8 Å². The molecule has 0 bridgehead atoms. The van der Waals surface area contributed by atoms with Crippen LogP contribution in [0, 0.1) is 11.8 Å². The smallest absolute Gasteiger partial charge is 0.353 e. The Hall–Kier alpha value is -4.83. The van der Waals surface area contributed by atoms with Crippen LogP contribution in [0.15, 0.2) is 60.9 Å². The minimum Gasteiger partial charge on any atom is -0.353 e. The van der Waals surface area contributed by atoms with Crippen LogP contribution in [0.1, 0.15) is 29.5 Å². The van der Waals surface area contributed by atoms with Gasteiger partial charge in [-0.05, 0) is 68.4 Å². The molecule has 0 radical (unpaired) electrons. The van der Waals surface area contributed by atoms with E-state index in [2.05, 4.69) is 54.1 Å². The Kier molecular flexibility index (Phi) is 10.7. The highest BCUT2D eigenvalue weighted by Gasteiger charge is 2.30. The predicted molar refractivity (Wildman–Crippen MR) is 146 cm³/mol. The van der Waals surface area contributed by atoms with Gasteiger partial charge in [0.2, 0.25) is 5.95 Å². The number of aromatic nitrogens is 2. The van der Waals surface area contributed by atoms with Crippen LogP contribution in [0.4, 0.5) is 40.1 Å². The summed E-state index contributed by atoms with van der Waals surface area (Å²) in [6.45, 7) is 4.06. The van der Waals surface area contributed by atoms with Gasteiger partial charge < -0.3 is 32.3 Å². The molecule has 1 aromatic heterocycles. The summed E-state index contributed by atoms with van der Waals surface area (Å²) in [5.74, 6) is 6.56. The summed E-state index contributed by atoms with van der Waals surface area (Å²) in [5.41, 5.74) is 9.76. The number of benzene rings is 2. The van der Waals surface area contributed by atoms with E-state index in [1.165, 1.54) is 25.0 Å². The molecule has 1 aliphatic rings. The van der Waals surface area contributed by atoms with Gasteiger partial charge in [-0.3, -0.25) is 0 Å². The van der Waals surface area contributed by atoms with Gasteiger partial charge in [0.05, 0.1) is 11.1 Å². The van der Waals surface area contributed by atoms with Crippen LogP contribution in [0.5, 0.6) is 0 Å². The minimum absolute atomic E-state index is 0.241. The van der Waals surface area contributed by atoms with E-state index in [4.69, 9.17) is 4.79 Å². The molecule has 0 aliphatic carbocycles.